The van der Waals surface area contributed by atoms with E-state index in [0.717, 1.165) is 0 Å². The molecule has 0 radical (unpaired) electrons. The summed E-state index contributed by atoms with van der Waals surface area (Å²) in [5.41, 5.74) is -1.60. The van der Waals surface area contributed by atoms with E-state index in [-0.39, 0.29) is 16.9 Å². The van der Waals surface area contributed by atoms with Crippen LogP contribution in [0.1, 0.15) is 35.3 Å². The molecule has 0 aliphatic carbocycles. The molecular formula is C17H16F3NO4S. The normalized spacial score (nSPS) is 11.9. The van der Waals surface area contributed by atoms with Gasteiger partial charge in [-0.05, 0) is 26.3 Å². The van der Waals surface area contributed by atoms with Crippen LogP contribution >= 0.6 is 11.3 Å². The number of anilines is 1. The van der Waals surface area contributed by atoms with E-state index in [4.69, 9.17) is 4.74 Å². The second kappa shape index (κ2) is 6.99. The monoisotopic (exact) mass is 387 g/mol. The molecular weight excluding hydrogens is 371 g/mol. The number of thiophene rings is 1. The first kappa shape index (κ1) is 19.8. The molecule has 9 heteroatoms. The highest BCUT2D eigenvalue weighted by molar-refractivity contribution is 7.15. The third kappa shape index (κ3) is 4.54. The first-order valence-electron chi connectivity index (χ1n) is 7.43. The van der Waals surface area contributed by atoms with Crippen molar-refractivity contribution in [1.82, 2.24) is 0 Å². The number of amides is 1. The third-order valence-electron chi connectivity index (χ3n) is 3.05. The number of alkyl halides is 3. The number of benzene rings is 1. The van der Waals surface area contributed by atoms with Crippen LogP contribution in [0.5, 0.6) is 0 Å². The van der Waals surface area contributed by atoms with Crippen LogP contribution in [0, 0.1) is 0 Å². The van der Waals surface area contributed by atoms with Gasteiger partial charge in [-0.2, -0.15) is 13.2 Å². The lowest BCUT2D eigenvalue weighted by molar-refractivity contribution is -0.133. The molecule has 0 saturated heterocycles. The predicted molar refractivity (Wildman–Crippen MR) is 91.6 cm³/mol. The van der Waals surface area contributed by atoms with E-state index in [2.05, 4.69) is 5.32 Å². The van der Waals surface area contributed by atoms with Crippen LogP contribution in [-0.2, 0) is 10.9 Å². The van der Waals surface area contributed by atoms with Gasteiger partial charge >= 0.3 is 18.2 Å². The Labute approximate surface area is 151 Å². The Morgan fingerprint density at radius 2 is 1.69 bits per heavy atom. The number of carboxylic acids is 1. The van der Waals surface area contributed by atoms with Crippen molar-refractivity contribution in [2.24, 2.45) is 0 Å². The lowest BCUT2D eigenvalue weighted by Crippen LogP contribution is -2.27. The van der Waals surface area contributed by atoms with Gasteiger partial charge in [-0.1, -0.05) is 30.3 Å². The summed E-state index contributed by atoms with van der Waals surface area (Å²) in [5, 5.41) is 11.5. The molecule has 1 aromatic carbocycles. The highest BCUT2D eigenvalue weighted by Gasteiger charge is 2.40. The predicted octanol–water partition coefficient (Wildman–Crippen LogP) is 5.48. The molecule has 140 valence electrons. The van der Waals surface area contributed by atoms with Gasteiger partial charge in [-0.25, -0.2) is 9.59 Å². The van der Waals surface area contributed by atoms with Gasteiger partial charge in [-0.15, -0.1) is 11.3 Å². The van der Waals surface area contributed by atoms with Crippen LogP contribution in [0.15, 0.2) is 30.3 Å². The van der Waals surface area contributed by atoms with Crippen molar-refractivity contribution in [3.63, 3.8) is 0 Å². The number of halogens is 3. The zero-order valence-electron chi connectivity index (χ0n) is 14.1. The quantitative estimate of drug-likeness (QED) is 0.731. The summed E-state index contributed by atoms with van der Waals surface area (Å²) in [6.45, 7) is 4.74. The zero-order valence-corrected chi connectivity index (χ0v) is 14.9. The summed E-state index contributed by atoms with van der Waals surface area (Å²) in [5.74, 6) is -1.58. The number of hydrogen-bond acceptors (Lipinski definition) is 4. The number of hydrogen-bond donors (Lipinski definition) is 2. The average Bonchev–Trinajstić information content (AvgIpc) is 2.85. The standard InChI is InChI=1S/C17H16F3NO4S/c1-16(2,3)25-15(24)21-11-10(9-7-5-4-6-8-9)13(17(18,19)20)26-12(11)14(22)23/h4-8H,1-3H3,(H,21,24)(H,22,23). The second-order valence-electron chi connectivity index (χ2n) is 6.31. The molecule has 0 bridgehead atoms. The van der Waals surface area contributed by atoms with Crippen molar-refractivity contribution in [2.45, 2.75) is 32.5 Å². The van der Waals surface area contributed by atoms with Gasteiger partial charge < -0.3 is 9.84 Å². The Hall–Kier alpha value is -2.55. The van der Waals surface area contributed by atoms with Crippen molar-refractivity contribution in [3.8, 4) is 11.1 Å². The largest absolute Gasteiger partial charge is 0.477 e. The van der Waals surface area contributed by atoms with Gasteiger partial charge in [0.05, 0.1) is 5.69 Å². The maximum Gasteiger partial charge on any atom is 0.426 e. The summed E-state index contributed by atoms with van der Waals surface area (Å²) in [7, 11) is 0. The van der Waals surface area contributed by atoms with Crippen molar-refractivity contribution in [3.05, 3.63) is 40.1 Å². The Kier molecular flexibility index (Phi) is 5.31. The lowest BCUT2D eigenvalue weighted by atomic mass is 10.0. The molecule has 26 heavy (non-hydrogen) atoms. The maximum atomic E-state index is 13.5. The first-order chi connectivity index (χ1) is 11.9. The highest BCUT2D eigenvalue weighted by atomic mass is 32.1. The Morgan fingerprint density at radius 1 is 1.12 bits per heavy atom. The summed E-state index contributed by atoms with van der Waals surface area (Å²) in [6.07, 6.45) is -5.82. The van der Waals surface area contributed by atoms with E-state index < -0.39 is 44.8 Å². The van der Waals surface area contributed by atoms with Gasteiger partial charge in [0.2, 0.25) is 0 Å². The number of ether oxygens (including phenoxy) is 1. The van der Waals surface area contributed by atoms with E-state index >= 15 is 0 Å². The van der Waals surface area contributed by atoms with E-state index in [1.165, 1.54) is 24.3 Å². The van der Waals surface area contributed by atoms with Crippen molar-refractivity contribution in [2.75, 3.05) is 5.32 Å². The minimum atomic E-state index is -4.78. The molecule has 0 aliphatic rings. The van der Waals surface area contributed by atoms with Gasteiger partial charge in [0.25, 0.3) is 0 Å². The molecule has 0 unspecified atom stereocenters. The summed E-state index contributed by atoms with van der Waals surface area (Å²) in [6, 6.07) is 7.46. The van der Waals surface area contributed by atoms with Crippen LogP contribution in [0.25, 0.3) is 11.1 Å². The fraction of sp³-hybridized carbons (Fsp3) is 0.294. The molecule has 2 N–H and O–H groups in total. The number of carbonyl (C=O) groups excluding carboxylic acids is 1. The number of rotatable bonds is 3. The summed E-state index contributed by atoms with van der Waals surface area (Å²) < 4.78 is 45.5. The van der Waals surface area contributed by atoms with Crippen LogP contribution in [-0.4, -0.2) is 22.8 Å². The van der Waals surface area contributed by atoms with Crippen molar-refractivity contribution < 1.29 is 32.6 Å². The number of carboxylic acid groups (broad SMARTS) is 1. The minimum absolute atomic E-state index is 0.0612. The summed E-state index contributed by atoms with van der Waals surface area (Å²) in [4.78, 5) is 21.8. The molecule has 2 aromatic rings. The average molecular weight is 387 g/mol. The van der Waals surface area contributed by atoms with Crippen LogP contribution < -0.4 is 5.32 Å². The topological polar surface area (TPSA) is 75.6 Å². The molecule has 0 spiro atoms. The van der Waals surface area contributed by atoms with Gasteiger partial charge in [0.1, 0.15) is 15.4 Å². The lowest BCUT2D eigenvalue weighted by Gasteiger charge is -2.20. The Balaban J connectivity index is 2.66. The van der Waals surface area contributed by atoms with Crippen LogP contribution in [0.4, 0.5) is 23.7 Å². The molecule has 1 amide bonds. The molecule has 1 aromatic heterocycles. The molecule has 5 nitrogen and oxygen atoms in total. The van der Waals surface area contributed by atoms with Crippen LogP contribution in [0.2, 0.25) is 0 Å². The molecule has 0 saturated carbocycles. The van der Waals surface area contributed by atoms with Crippen LogP contribution in [0.3, 0.4) is 0 Å². The number of aromatic carboxylic acids is 1. The van der Waals surface area contributed by atoms with E-state index in [9.17, 15) is 27.9 Å². The molecule has 1 heterocycles. The van der Waals surface area contributed by atoms with Crippen molar-refractivity contribution in [1.29, 1.82) is 0 Å². The van der Waals surface area contributed by atoms with Gasteiger partial charge in [-0.3, -0.25) is 5.32 Å². The smallest absolute Gasteiger partial charge is 0.426 e. The second-order valence-corrected chi connectivity index (χ2v) is 7.33. The first-order valence-corrected chi connectivity index (χ1v) is 8.24. The van der Waals surface area contributed by atoms with Gasteiger partial charge in [0.15, 0.2) is 0 Å². The summed E-state index contributed by atoms with van der Waals surface area (Å²) >= 11 is 0.0612. The molecule has 0 aliphatic heterocycles. The van der Waals surface area contributed by atoms with E-state index in [1.54, 1.807) is 26.8 Å². The fourth-order valence-corrected chi connectivity index (χ4v) is 3.17. The molecule has 0 atom stereocenters. The zero-order chi connectivity index (χ0) is 19.7. The molecule has 2 rings (SSSR count). The Bertz CT molecular complexity index is 823. The Morgan fingerprint density at radius 3 is 2.15 bits per heavy atom. The van der Waals surface area contributed by atoms with E-state index in [0.29, 0.717) is 0 Å². The maximum absolute atomic E-state index is 13.5. The van der Waals surface area contributed by atoms with Gasteiger partial charge in [0, 0.05) is 5.56 Å². The molecule has 0 fully saturated rings. The minimum Gasteiger partial charge on any atom is -0.477 e. The number of nitrogens with one attached hydrogen (secondary N) is 1. The SMILES string of the molecule is CC(C)(C)OC(=O)Nc1c(C(=O)O)sc(C(F)(F)F)c1-c1ccccc1. The third-order valence-corrected chi connectivity index (χ3v) is 4.27. The highest BCUT2D eigenvalue weighted by Crippen LogP contribution is 2.48. The number of carbonyl (C=O) groups is 2. The van der Waals surface area contributed by atoms with Crippen molar-refractivity contribution >= 4 is 29.1 Å². The fourth-order valence-electron chi connectivity index (χ4n) is 2.19. The van der Waals surface area contributed by atoms with E-state index in [1.807, 2.05) is 0 Å².